The van der Waals surface area contributed by atoms with Crippen molar-refractivity contribution in [2.75, 3.05) is 0 Å². The Balaban J connectivity index is 1.47. The Morgan fingerprint density at radius 1 is 0.353 bits per heavy atom. The number of furan rings is 1. The number of rotatable bonds is 4. The molecule has 0 aliphatic carbocycles. The van der Waals surface area contributed by atoms with Crippen LogP contribution in [0.15, 0.2) is 186 Å². The molecule has 0 aliphatic heterocycles. The summed E-state index contributed by atoms with van der Waals surface area (Å²) in [6.07, 6.45) is 0. The van der Waals surface area contributed by atoms with E-state index in [1.807, 2.05) is 0 Å². The molecule has 3 nitrogen and oxygen atoms in total. The predicted molar refractivity (Wildman–Crippen MR) is 213 cm³/mol. The Morgan fingerprint density at radius 3 is 1.51 bits per heavy atom. The number of hydrogen-bond acceptors (Lipinski definition) is 1. The average Bonchev–Trinajstić information content (AvgIpc) is 4.35. The number of fused-ring (bicyclic) bond motifs is 9. The Kier molecular flexibility index (Phi) is 2.47. The average molecular weight is 681 g/mol. The molecule has 0 saturated heterocycles. The number of hydrogen-bond donors (Lipinski definition) is 0. The molecule has 0 atom stereocenters. The molecule has 11 aromatic rings. The highest BCUT2D eigenvalue weighted by molar-refractivity contribution is 6.22. The largest absolute Gasteiger partial charge is 0.456 e. The van der Waals surface area contributed by atoms with Crippen molar-refractivity contribution < 1.29 is 45.5 Å². The van der Waals surface area contributed by atoms with Crippen molar-refractivity contribution in [1.29, 1.82) is 0 Å². The second-order valence-corrected chi connectivity index (χ2v) is 11.0. The van der Waals surface area contributed by atoms with E-state index in [4.69, 9.17) is 29.1 Å². The highest BCUT2D eigenvalue weighted by atomic mass is 16.3. The molecule has 0 bridgehead atoms. The van der Waals surface area contributed by atoms with Gasteiger partial charge < -0.3 is 13.6 Å². The fourth-order valence-electron chi connectivity index (χ4n) is 6.47. The zero-order valence-corrected chi connectivity index (χ0v) is 25.3. The van der Waals surface area contributed by atoms with Gasteiger partial charge in [-0.1, -0.05) is 127 Å². The van der Waals surface area contributed by atoms with Crippen LogP contribution in [0, 0.1) is 0 Å². The van der Waals surface area contributed by atoms with Gasteiger partial charge in [-0.2, -0.15) is 0 Å². The van der Waals surface area contributed by atoms with E-state index in [2.05, 4.69) is 0 Å². The molecule has 3 heterocycles. The van der Waals surface area contributed by atoms with Crippen LogP contribution in [-0.4, -0.2) is 9.13 Å². The van der Waals surface area contributed by atoms with Gasteiger partial charge in [0.05, 0.1) is 68.9 Å². The van der Waals surface area contributed by atoms with E-state index >= 15 is 0 Å². The first-order valence-corrected chi connectivity index (χ1v) is 15.0. The summed E-state index contributed by atoms with van der Waals surface area (Å²) in [5, 5.41) is -3.79. The molecule has 3 heteroatoms. The quantitative estimate of drug-likeness (QED) is 0.181. The van der Waals surface area contributed by atoms with Gasteiger partial charge in [-0.25, -0.2) is 0 Å². The van der Waals surface area contributed by atoms with E-state index in [0.717, 1.165) is 0 Å². The van der Waals surface area contributed by atoms with Crippen LogP contribution in [0.3, 0.4) is 0 Å². The second kappa shape index (κ2) is 10.8. The highest BCUT2D eigenvalue weighted by Crippen LogP contribution is 2.45. The van der Waals surface area contributed by atoms with Crippen LogP contribution < -0.4 is 0 Å². The van der Waals surface area contributed by atoms with Crippen LogP contribution in [0.2, 0.25) is 0 Å². The molecule has 3 aromatic heterocycles. The van der Waals surface area contributed by atoms with Gasteiger partial charge in [-0.3, -0.25) is 0 Å². The summed E-state index contributed by atoms with van der Waals surface area (Å²) >= 11 is 0. The lowest BCUT2D eigenvalue weighted by Crippen LogP contribution is -1.95. The number of aromatic nitrogens is 2. The minimum absolute atomic E-state index is 0.525. The summed E-state index contributed by atoms with van der Waals surface area (Å²) in [6, 6.07) is -29.0. The van der Waals surface area contributed by atoms with Crippen LogP contribution in [0.25, 0.3) is 99.2 Å². The van der Waals surface area contributed by atoms with Crippen molar-refractivity contribution in [2.24, 2.45) is 0 Å². The Labute approximate surface area is 336 Å². The SMILES string of the molecule is [2H]c1c([2H])c([2H])c(-c2c([2H])c(-n3c4c([2H])c([2H])c([2H])c([2H])c4c4c(-c5c([2H])c([2H])c([2H])c6c5c5c([2H])c([2H])c([2H])c([2H])c5n6-c5c([2H])c([2H])c([2H])c([2H])c5[2H])c([2H])c([2H])c([2H])c43)c([2H])c3oc4c([2H])c([2H])c([2H])c([2H])c4c23)c([2H])c1[2H]. The molecule has 0 amide bonds. The van der Waals surface area contributed by atoms with Crippen LogP contribution in [0.1, 0.15) is 41.1 Å². The van der Waals surface area contributed by atoms with Crippen molar-refractivity contribution in [1.82, 2.24) is 9.13 Å². The van der Waals surface area contributed by atoms with Gasteiger partial charge in [0.25, 0.3) is 0 Å². The summed E-state index contributed by atoms with van der Waals surface area (Å²) < 4.78 is 280. The van der Waals surface area contributed by atoms with Gasteiger partial charge in [0.15, 0.2) is 0 Å². The Hall–Kier alpha value is -6.84. The number of nitrogens with zero attached hydrogens (tertiary/aromatic N) is 2. The normalized spacial score (nSPS) is 20.2. The molecular weight excluding hydrogens is 621 g/mol. The van der Waals surface area contributed by atoms with Crippen LogP contribution >= 0.6 is 0 Å². The zero-order chi connectivity index (χ0) is 59.6. The maximum atomic E-state index is 10.1. The third-order valence-electron chi connectivity index (χ3n) is 8.43. The first-order chi connectivity index (χ1) is 37.8. The van der Waals surface area contributed by atoms with Gasteiger partial charge in [-0.05, 0) is 70.6 Å². The number of benzene rings is 8. The van der Waals surface area contributed by atoms with Crippen molar-refractivity contribution in [3.63, 3.8) is 0 Å². The van der Waals surface area contributed by atoms with Gasteiger partial charge in [0, 0.05) is 44.0 Å². The first kappa shape index (κ1) is 11.6. The van der Waals surface area contributed by atoms with Crippen molar-refractivity contribution >= 4 is 65.6 Å². The second-order valence-electron chi connectivity index (χ2n) is 11.0. The minimum Gasteiger partial charge on any atom is -0.456 e. The van der Waals surface area contributed by atoms with E-state index in [1.54, 1.807) is 0 Å². The third kappa shape index (κ3) is 4.06. The zero-order valence-electron chi connectivity index (χ0n) is 55.3. The van der Waals surface area contributed by atoms with Gasteiger partial charge >= 0.3 is 0 Å². The molecule has 0 saturated carbocycles. The Morgan fingerprint density at radius 2 is 0.863 bits per heavy atom. The lowest BCUT2D eigenvalue weighted by Gasteiger charge is -2.13. The molecule has 8 aromatic carbocycles. The van der Waals surface area contributed by atoms with Crippen LogP contribution in [-0.2, 0) is 0 Å². The summed E-state index contributed by atoms with van der Waals surface area (Å²) in [5.74, 6) is 0. The van der Waals surface area contributed by atoms with E-state index in [1.165, 1.54) is 0 Å². The van der Waals surface area contributed by atoms with Crippen LogP contribution in [0.4, 0.5) is 0 Å². The molecule has 0 unspecified atom stereocenters. The molecule has 238 valence electrons. The van der Waals surface area contributed by atoms with Crippen molar-refractivity contribution in [3.05, 3.63) is 181 Å². The first-order valence-electron chi connectivity index (χ1n) is 30.0. The van der Waals surface area contributed by atoms with Gasteiger partial charge in [-0.15, -0.1) is 0 Å². The smallest absolute Gasteiger partial charge is 0.138 e. The monoisotopic (exact) mass is 680 g/mol. The van der Waals surface area contributed by atoms with Gasteiger partial charge in [0.2, 0.25) is 0 Å². The van der Waals surface area contributed by atoms with Crippen molar-refractivity contribution in [2.45, 2.75) is 0 Å². The summed E-state index contributed by atoms with van der Waals surface area (Å²) in [7, 11) is 0. The maximum Gasteiger partial charge on any atom is 0.138 e. The molecule has 0 spiro atoms. The maximum absolute atomic E-state index is 10.1. The van der Waals surface area contributed by atoms with Gasteiger partial charge in [0.1, 0.15) is 11.2 Å². The van der Waals surface area contributed by atoms with E-state index < -0.39 is 280 Å². The third-order valence-corrected chi connectivity index (χ3v) is 8.43. The Bertz CT molecular complexity index is 4820. The van der Waals surface area contributed by atoms with E-state index in [-0.39, 0.29) is 0 Å². The molecule has 0 N–H and O–H groups in total. The number of para-hydroxylation sites is 4. The summed E-state index contributed by atoms with van der Waals surface area (Å²) in [4.78, 5) is 0. The predicted octanol–water partition coefficient (Wildman–Crippen LogP) is 13.1. The molecule has 0 aliphatic rings. The van der Waals surface area contributed by atoms with E-state index in [0.29, 0.717) is 9.13 Å². The summed E-state index contributed by atoms with van der Waals surface area (Å²) in [6.45, 7) is 0. The highest BCUT2D eigenvalue weighted by Gasteiger charge is 2.22. The molecule has 0 fully saturated rings. The standard InChI is InChI=1S/C48H30N2O/c1-3-15-31(16-4-1)39-29-33(30-45-48(39)38-21-9-12-28-44(38)51-45)50-41-25-11-8-20-37(41)47-35(23-14-27-43(47)50)34-22-13-26-42-46(34)36-19-7-10-24-40(36)49(42)32-17-5-2-6-18-32/h1-30H/i1D,2D,3D,4D,5D,6D,7D,8D,9D,10D,11D,12D,13D,14D,15D,16D,17D,18D,19D,20D,21D,22D,23D,24D,25D,26D,27D,28D,29D,30D. The molecule has 11 rings (SSSR count). The van der Waals surface area contributed by atoms with Crippen molar-refractivity contribution in [3.8, 4) is 33.6 Å². The lowest BCUT2D eigenvalue weighted by molar-refractivity contribution is 0.668. The lowest BCUT2D eigenvalue weighted by atomic mass is 9.95. The topological polar surface area (TPSA) is 23.0 Å². The summed E-state index contributed by atoms with van der Waals surface area (Å²) in [5.41, 5.74) is -9.24. The minimum atomic E-state index is -1.11. The fourth-order valence-corrected chi connectivity index (χ4v) is 6.47. The fraction of sp³-hybridized carbons (Fsp3) is 0. The molecular formula is C48H30N2O. The van der Waals surface area contributed by atoms with E-state index in [9.17, 15) is 16.4 Å². The van der Waals surface area contributed by atoms with Crippen LogP contribution in [0.5, 0.6) is 0 Å². The molecule has 51 heavy (non-hydrogen) atoms. The molecule has 0 radical (unpaired) electrons.